The first-order valence-electron chi connectivity index (χ1n) is 5.25. The summed E-state index contributed by atoms with van der Waals surface area (Å²) in [5.74, 6) is 0.453. The number of hydrogen-bond acceptors (Lipinski definition) is 4. The Balaban J connectivity index is 2.16. The van der Waals surface area contributed by atoms with E-state index in [1.54, 1.807) is 13.0 Å². The van der Waals surface area contributed by atoms with E-state index in [0.29, 0.717) is 20.9 Å². The Kier molecular flexibility index (Phi) is 4.29. The lowest BCUT2D eigenvalue weighted by molar-refractivity contribution is 0.377. The van der Waals surface area contributed by atoms with Crippen molar-refractivity contribution >= 4 is 37.6 Å². The van der Waals surface area contributed by atoms with E-state index < -0.39 is 10.0 Å². The summed E-state index contributed by atoms with van der Waals surface area (Å²) in [6, 6.07) is 6.05. The second kappa shape index (κ2) is 5.62. The van der Waals surface area contributed by atoms with Gasteiger partial charge in [0.15, 0.2) is 5.76 Å². The van der Waals surface area contributed by atoms with Gasteiger partial charge in [0, 0.05) is 10.5 Å². The Morgan fingerprint density at radius 3 is 2.74 bits per heavy atom. The van der Waals surface area contributed by atoms with Gasteiger partial charge in [-0.15, -0.1) is 0 Å². The molecule has 0 aliphatic heterocycles. The van der Waals surface area contributed by atoms with Crippen LogP contribution in [0.5, 0.6) is 0 Å². The van der Waals surface area contributed by atoms with Crippen LogP contribution in [0.15, 0.2) is 38.2 Å². The zero-order chi connectivity index (χ0) is 14.0. The highest BCUT2D eigenvalue weighted by molar-refractivity contribution is 9.10. The Hall–Kier alpha value is -0.890. The van der Waals surface area contributed by atoms with E-state index in [-0.39, 0.29) is 11.4 Å². The third kappa shape index (κ3) is 3.56. The molecule has 0 bridgehead atoms. The molecule has 0 saturated heterocycles. The fourth-order valence-corrected chi connectivity index (χ4v) is 3.06. The molecule has 0 atom stereocenters. The SMILES string of the molecule is Cc1cc(CNS(=O)(=O)c2ccc(Cl)c(Br)c2)on1. The normalized spacial score (nSPS) is 11.7. The number of rotatable bonds is 4. The first-order chi connectivity index (χ1) is 8.88. The van der Waals surface area contributed by atoms with Gasteiger partial charge in [-0.05, 0) is 41.1 Å². The number of aromatic nitrogens is 1. The van der Waals surface area contributed by atoms with Crippen molar-refractivity contribution in [1.82, 2.24) is 9.88 Å². The number of hydrogen-bond donors (Lipinski definition) is 1. The number of nitrogens with zero attached hydrogens (tertiary/aromatic N) is 1. The highest BCUT2D eigenvalue weighted by Crippen LogP contribution is 2.25. The van der Waals surface area contributed by atoms with Crippen molar-refractivity contribution < 1.29 is 12.9 Å². The van der Waals surface area contributed by atoms with Gasteiger partial charge in [0.1, 0.15) is 0 Å². The molecule has 0 amide bonds. The first-order valence-corrected chi connectivity index (χ1v) is 7.91. The van der Waals surface area contributed by atoms with Crippen LogP contribution in [0.1, 0.15) is 11.5 Å². The largest absolute Gasteiger partial charge is 0.360 e. The second-order valence-electron chi connectivity index (χ2n) is 3.84. The van der Waals surface area contributed by atoms with Crippen molar-refractivity contribution in [2.75, 3.05) is 0 Å². The average Bonchev–Trinajstić information content (AvgIpc) is 2.76. The summed E-state index contributed by atoms with van der Waals surface area (Å²) in [5, 5.41) is 4.13. The van der Waals surface area contributed by atoms with Gasteiger partial charge in [-0.3, -0.25) is 0 Å². The van der Waals surface area contributed by atoms with Crippen LogP contribution in [-0.2, 0) is 16.6 Å². The van der Waals surface area contributed by atoms with Crippen molar-refractivity contribution in [3.05, 3.63) is 45.2 Å². The van der Waals surface area contributed by atoms with Crippen molar-refractivity contribution in [1.29, 1.82) is 0 Å². The van der Waals surface area contributed by atoms with Crippen LogP contribution >= 0.6 is 27.5 Å². The third-order valence-electron chi connectivity index (χ3n) is 2.31. The van der Waals surface area contributed by atoms with Crippen molar-refractivity contribution in [3.8, 4) is 0 Å². The lowest BCUT2D eigenvalue weighted by Crippen LogP contribution is -2.23. The minimum atomic E-state index is -3.61. The molecule has 0 aliphatic rings. The van der Waals surface area contributed by atoms with Gasteiger partial charge < -0.3 is 4.52 Å². The van der Waals surface area contributed by atoms with Gasteiger partial charge in [-0.1, -0.05) is 16.8 Å². The zero-order valence-corrected chi connectivity index (χ0v) is 13.0. The molecule has 19 heavy (non-hydrogen) atoms. The first kappa shape index (κ1) is 14.5. The number of benzene rings is 1. The van der Waals surface area contributed by atoms with Gasteiger partial charge in [0.2, 0.25) is 10.0 Å². The molecule has 102 valence electrons. The summed E-state index contributed by atoms with van der Waals surface area (Å²) in [7, 11) is -3.61. The van der Waals surface area contributed by atoms with E-state index >= 15 is 0 Å². The summed E-state index contributed by atoms with van der Waals surface area (Å²) in [4.78, 5) is 0.125. The highest BCUT2D eigenvalue weighted by Gasteiger charge is 2.16. The Bertz CT molecular complexity index is 700. The van der Waals surface area contributed by atoms with Crippen LogP contribution in [0.2, 0.25) is 5.02 Å². The van der Waals surface area contributed by atoms with E-state index in [9.17, 15) is 8.42 Å². The number of nitrogens with one attached hydrogen (secondary N) is 1. The van der Waals surface area contributed by atoms with E-state index in [1.165, 1.54) is 18.2 Å². The van der Waals surface area contributed by atoms with Gasteiger partial charge in [0.25, 0.3) is 0 Å². The lowest BCUT2D eigenvalue weighted by atomic mass is 10.4. The summed E-state index contributed by atoms with van der Waals surface area (Å²) >= 11 is 9.01. The molecule has 1 N–H and O–H groups in total. The summed E-state index contributed by atoms with van der Waals surface area (Å²) in [6.45, 7) is 1.81. The van der Waals surface area contributed by atoms with Gasteiger partial charge >= 0.3 is 0 Å². The Morgan fingerprint density at radius 2 is 2.16 bits per heavy atom. The minimum Gasteiger partial charge on any atom is -0.360 e. The van der Waals surface area contributed by atoms with Crippen LogP contribution in [0.4, 0.5) is 0 Å². The molecular weight excluding hydrogens is 356 g/mol. The van der Waals surface area contributed by atoms with Gasteiger partial charge in [0.05, 0.1) is 22.2 Å². The molecule has 0 saturated carbocycles. The van der Waals surface area contributed by atoms with Crippen molar-refractivity contribution in [2.45, 2.75) is 18.4 Å². The molecule has 0 unspecified atom stereocenters. The topological polar surface area (TPSA) is 72.2 Å². The number of sulfonamides is 1. The summed E-state index contributed by atoms with van der Waals surface area (Å²) in [5.41, 5.74) is 0.698. The van der Waals surface area contributed by atoms with Crippen LogP contribution in [-0.4, -0.2) is 13.6 Å². The van der Waals surface area contributed by atoms with Crippen LogP contribution < -0.4 is 4.72 Å². The fourth-order valence-electron chi connectivity index (χ4n) is 1.39. The Morgan fingerprint density at radius 1 is 1.42 bits per heavy atom. The van der Waals surface area contributed by atoms with E-state index in [4.69, 9.17) is 16.1 Å². The van der Waals surface area contributed by atoms with Crippen molar-refractivity contribution in [2.24, 2.45) is 0 Å². The maximum atomic E-state index is 12.0. The smallest absolute Gasteiger partial charge is 0.241 e. The molecule has 0 spiro atoms. The van der Waals surface area contributed by atoms with Gasteiger partial charge in [-0.2, -0.15) is 0 Å². The number of halogens is 2. The number of aryl methyl sites for hydroxylation is 1. The predicted molar refractivity (Wildman–Crippen MR) is 74.4 cm³/mol. The second-order valence-corrected chi connectivity index (χ2v) is 6.86. The zero-order valence-electron chi connectivity index (χ0n) is 9.85. The molecule has 0 aliphatic carbocycles. The fraction of sp³-hybridized carbons (Fsp3) is 0.182. The van der Waals surface area contributed by atoms with Crippen LogP contribution in [0, 0.1) is 6.92 Å². The average molecular weight is 366 g/mol. The minimum absolute atomic E-state index is 0.0451. The molecule has 0 radical (unpaired) electrons. The van der Waals surface area contributed by atoms with E-state index in [1.807, 2.05) is 0 Å². The molecule has 0 fully saturated rings. The summed E-state index contributed by atoms with van der Waals surface area (Å²) in [6.07, 6.45) is 0. The lowest BCUT2D eigenvalue weighted by Gasteiger charge is -2.06. The van der Waals surface area contributed by atoms with Crippen LogP contribution in [0.25, 0.3) is 0 Å². The maximum absolute atomic E-state index is 12.0. The molecule has 5 nitrogen and oxygen atoms in total. The van der Waals surface area contributed by atoms with Crippen molar-refractivity contribution in [3.63, 3.8) is 0 Å². The molecule has 8 heteroatoms. The standard InChI is InChI=1S/C11H10BrClN2O3S/c1-7-4-8(18-15-7)6-14-19(16,17)9-2-3-11(13)10(12)5-9/h2-5,14H,6H2,1H3. The highest BCUT2D eigenvalue weighted by atomic mass is 79.9. The molecule has 2 aromatic rings. The van der Waals surface area contributed by atoms with E-state index in [2.05, 4.69) is 25.8 Å². The molecule has 2 rings (SSSR count). The molecular formula is C11H10BrClN2O3S. The predicted octanol–water partition coefficient (Wildman–Crippen LogP) is 2.88. The van der Waals surface area contributed by atoms with E-state index in [0.717, 1.165) is 0 Å². The van der Waals surface area contributed by atoms with Crippen LogP contribution in [0.3, 0.4) is 0 Å². The Labute approximate surface area is 124 Å². The monoisotopic (exact) mass is 364 g/mol. The van der Waals surface area contributed by atoms with Gasteiger partial charge in [-0.25, -0.2) is 13.1 Å². The molecule has 1 aromatic heterocycles. The maximum Gasteiger partial charge on any atom is 0.241 e. The third-order valence-corrected chi connectivity index (χ3v) is 4.93. The quantitative estimate of drug-likeness (QED) is 0.904. The molecule has 1 aromatic carbocycles. The molecule has 1 heterocycles. The summed E-state index contributed by atoms with van der Waals surface area (Å²) < 4.78 is 32.0.